The maximum Gasteiger partial charge on any atom is 0.0126 e. The van der Waals surface area contributed by atoms with Crippen molar-refractivity contribution in [3.8, 4) is 0 Å². The number of piperidine rings is 1. The topological polar surface area (TPSA) is 29.3 Å². The lowest BCUT2D eigenvalue weighted by Gasteiger charge is -2.48. The molecule has 94 valence electrons. The van der Waals surface area contributed by atoms with Gasteiger partial charge in [0.2, 0.25) is 0 Å². The first-order valence-corrected chi connectivity index (χ1v) is 7.20. The molecular formula is C14H28N2. The Labute approximate surface area is 101 Å². The quantitative estimate of drug-likeness (QED) is 0.798. The molecule has 1 saturated carbocycles. The lowest BCUT2D eigenvalue weighted by Crippen LogP contribution is -2.53. The van der Waals surface area contributed by atoms with Crippen LogP contribution < -0.4 is 5.73 Å². The van der Waals surface area contributed by atoms with Gasteiger partial charge in [0.05, 0.1) is 0 Å². The minimum atomic E-state index is 0.640. The second-order valence-electron chi connectivity index (χ2n) is 5.95. The van der Waals surface area contributed by atoms with E-state index in [9.17, 15) is 0 Å². The summed E-state index contributed by atoms with van der Waals surface area (Å²) >= 11 is 0. The van der Waals surface area contributed by atoms with Gasteiger partial charge in [-0.3, -0.25) is 4.90 Å². The average Bonchev–Trinajstić information content (AvgIpc) is 2.36. The van der Waals surface area contributed by atoms with Crippen LogP contribution in [0.2, 0.25) is 0 Å². The van der Waals surface area contributed by atoms with Crippen molar-refractivity contribution in [2.75, 3.05) is 13.1 Å². The van der Waals surface area contributed by atoms with Gasteiger partial charge in [0.25, 0.3) is 0 Å². The SMILES string of the molecule is CC(CN)C(C)N1CCCC2CCCCC21. The van der Waals surface area contributed by atoms with E-state index >= 15 is 0 Å². The van der Waals surface area contributed by atoms with Crippen LogP contribution in [0.3, 0.4) is 0 Å². The minimum Gasteiger partial charge on any atom is -0.330 e. The molecule has 2 rings (SSSR count). The van der Waals surface area contributed by atoms with Crippen molar-refractivity contribution >= 4 is 0 Å². The van der Waals surface area contributed by atoms with Crippen molar-refractivity contribution in [1.29, 1.82) is 0 Å². The highest BCUT2D eigenvalue weighted by Crippen LogP contribution is 2.36. The predicted molar refractivity (Wildman–Crippen MR) is 69.4 cm³/mol. The third-order valence-corrected chi connectivity index (χ3v) is 5.00. The van der Waals surface area contributed by atoms with E-state index in [2.05, 4.69) is 18.7 Å². The number of hydrogen-bond acceptors (Lipinski definition) is 2. The summed E-state index contributed by atoms with van der Waals surface area (Å²) in [5.74, 6) is 1.63. The Morgan fingerprint density at radius 1 is 1.12 bits per heavy atom. The van der Waals surface area contributed by atoms with Gasteiger partial charge in [-0.25, -0.2) is 0 Å². The molecule has 0 aromatic heterocycles. The van der Waals surface area contributed by atoms with E-state index in [-0.39, 0.29) is 0 Å². The zero-order chi connectivity index (χ0) is 11.5. The van der Waals surface area contributed by atoms with E-state index < -0.39 is 0 Å². The summed E-state index contributed by atoms with van der Waals surface area (Å²) in [4.78, 5) is 2.78. The molecule has 0 aromatic rings. The molecule has 2 aliphatic rings. The van der Waals surface area contributed by atoms with Gasteiger partial charge in [0.15, 0.2) is 0 Å². The van der Waals surface area contributed by atoms with Crippen molar-refractivity contribution in [3.05, 3.63) is 0 Å². The molecule has 1 heterocycles. The van der Waals surface area contributed by atoms with Crippen LogP contribution in [0, 0.1) is 11.8 Å². The lowest BCUT2D eigenvalue weighted by molar-refractivity contribution is 0.0153. The van der Waals surface area contributed by atoms with Crippen LogP contribution in [0.25, 0.3) is 0 Å². The number of hydrogen-bond donors (Lipinski definition) is 1. The van der Waals surface area contributed by atoms with Crippen molar-refractivity contribution in [3.63, 3.8) is 0 Å². The third-order valence-electron chi connectivity index (χ3n) is 5.00. The first-order chi connectivity index (χ1) is 7.74. The molecule has 1 saturated heterocycles. The summed E-state index contributed by atoms with van der Waals surface area (Å²) < 4.78 is 0. The highest BCUT2D eigenvalue weighted by molar-refractivity contribution is 4.90. The van der Waals surface area contributed by atoms with Crippen LogP contribution in [-0.4, -0.2) is 30.1 Å². The Morgan fingerprint density at radius 2 is 1.81 bits per heavy atom. The first-order valence-electron chi connectivity index (χ1n) is 7.20. The molecule has 2 fully saturated rings. The number of likely N-dealkylation sites (tertiary alicyclic amines) is 1. The monoisotopic (exact) mass is 224 g/mol. The summed E-state index contributed by atoms with van der Waals surface area (Å²) in [5.41, 5.74) is 5.82. The molecule has 0 radical (unpaired) electrons. The van der Waals surface area contributed by atoms with Crippen molar-refractivity contribution < 1.29 is 0 Å². The molecule has 16 heavy (non-hydrogen) atoms. The van der Waals surface area contributed by atoms with E-state index in [0.29, 0.717) is 12.0 Å². The third kappa shape index (κ3) is 2.43. The Kier molecular flexibility index (Phi) is 4.26. The summed E-state index contributed by atoms with van der Waals surface area (Å²) in [6.45, 7) is 6.83. The normalized spacial score (nSPS) is 35.4. The summed E-state index contributed by atoms with van der Waals surface area (Å²) in [7, 11) is 0. The molecule has 0 spiro atoms. The summed E-state index contributed by atoms with van der Waals surface area (Å²) in [5, 5.41) is 0. The predicted octanol–water partition coefficient (Wildman–Crippen LogP) is 2.62. The van der Waals surface area contributed by atoms with Gasteiger partial charge in [0.1, 0.15) is 0 Å². The fourth-order valence-electron chi connectivity index (χ4n) is 3.69. The van der Waals surface area contributed by atoms with Gasteiger partial charge in [-0.15, -0.1) is 0 Å². The largest absolute Gasteiger partial charge is 0.330 e. The van der Waals surface area contributed by atoms with Crippen molar-refractivity contribution in [1.82, 2.24) is 4.90 Å². The second kappa shape index (κ2) is 5.50. The fourth-order valence-corrected chi connectivity index (χ4v) is 3.69. The molecule has 4 atom stereocenters. The van der Waals surface area contributed by atoms with Crippen LogP contribution in [0.1, 0.15) is 52.4 Å². The smallest absolute Gasteiger partial charge is 0.0126 e. The van der Waals surface area contributed by atoms with E-state index in [1.54, 1.807) is 0 Å². The molecular weight excluding hydrogens is 196 g/mol. The van der Waals surface area contributed by atoms with Gasteiger partial charge in [-0.1, -0.05) is 19.8 Å². The Morgan fingerprint density at radius 3 is 2.56 bits per heavy atom. The van der Waals surface area contributed by atoms with Crippen molar-refractivity contribution in [2.45, 2.75) is 64.5 Å². The Balaban J connectivity index is 2.01. The van der Waals surface area contributed by atoms with Gasteiger partial charge in [-0.2, -0.15) is 0 Å². The Bertz CT molecular complexity index is 215. The van der Waals surface area contributed by atoms with Crippen LogP contribution in [0.4, 0.5) is 0 Å². The van der Waals surface area contributed by atoms with Crippen LogP contribution >= 0.6 is 0 Å². The number of rotatable bonds is 3. The minimum absolute atomic E-state index is 0.640. The standard InChI is InChI=1S/C14H28N2/c1-11(10-15)12(2)16-9-5-7-13-6-3-4-8-14(13)16/h11-14H,3-10,15H2,1-2H3. The highest BCUT2D eigenvalue weighted by atomic mass is 15.2. The van der Waals surface area contributed by atoms with E-state index in [1.807, 2.05) is 0 Å². The first kappa shape index (κ1) is 12.4. The maximum absolute atomic E-state index is 5.82. The van der Waals surface area contributed by atoms with Gasteiger partial charge >= 0.3 is 0 Å². The van der Waals surface area contributed by atoms with Gasteiger partial charge < -0.3 is 5.73 Å². The van der Waals surface area contributed by atoms with Crippen LogP contribution in [0.5, 0.6) is 0 Å². The van der Waals surface area contributed by atoms with Crippen LogP contribution in [0.15, 0.2) is 0 Å². The summed E-state index contributed by atoms with van der Waals surface area (Å²) in [6.07, 6.45) is 8.71. The van der Waals surface area contributed by atoms with Gasteiger partial charge in [-0.05, 0) is 57.5 Å². The lowest BCUT2D eigenvalue weighted by atomic mass is 9.77. The highest BCUT2D eigenvalue weighted by Gasteiger charge is 2.36. The average molecular weight is 224 g/mol. The maximum atomic E-state index is 5.82. The molecule has 2 heteroatoms. The molecule has 2 nitrogen and oxygen atoms in total. The van der Waals surface area contributed by atoms with E-state index in [0.717, 1.165) is 18.5 Å². The zero-order valence-electron chi connectivity index (χ0n) is 11.0. The molecule has 4 unspecified atom stereocenters. The molecule has 0 aromatic carbocycles. The number of fused-ring (bicyclic) bond motifs is 1. The second-order valence-corrected chi connectivity index (χ2v) is 5.95. The van der Waals surface area contributed by atoms with E-state index in [1.165, 1.54) is 45.1 Å². The van der Waals surface area contributed by atoms with E-state index in [4.69, 9.17) is 5.73 Å². The van der Waals surface area contributed by atoms with Crippen LogP contribution in [-0.2, 0) is 0 Å². The number of nitrogens with zero attached hydrogens (tertiary/aromatic N) is 1. The van der Waals surface area contributed by atoms with Crippen molar-refractivity contribution in [2.24, 2.45) is 17.6 Å². The fraction of sp³-hybridized carbons (Fsp3) is 1.00. The molecule has 1 aliphatic heterocycles. The Hall–Kier alpha value is -0.0800. The number of nitrogens with two attached hydrogens (primary N) is 1. The summed E-state index contributed by atoms with van der Waals surface area (Å²) in [6, 6.07) is 1.56. The van der Waals surface area contributed by atoms with Gasteiger partial charge in [0, 0.05) is 12.1 Å². The molecule has 0 bridgehead atoms. The zero-order valence-corrected chi connectivity index (χ0v) is 11.0. The molecule has 1 aliphatic carbocycles. The molecule has 0 amide bonds. The molecule has 2 N–H and O–H groups in total.